The van der Waals surface area contributed by atoms with E-state index in [1.165, 1.54) is 0 Å². The van der Waals surface area contributed by atoms with Crippen LogP contribution >= 0.6 is 0 Å². The van der Waals surface area contributed by atoms with E-state index in [2.05, 4.69) is 4.98 Å². The Morgan fingerprint density at radius 1 is 1.32 bits per heavy atom. The van der Waals surface area contributed by atoms with Crippen LogP contribution in [-0.2, 0) is 11.3 Å². The number of carboxylic acid groups (broad SMARTS) is 1. The van der Waals surface area contributed by atoms with Gasteiger partial charge in [0.15, 0.2) is 0 Å². The van der Waals surface area contributed by atoms with Crippen LogP contribution < -0.4 is 0 Å². The van der Waals surface area contributed by atoms with Crippen molar-refractivity contribution in [3.05, 3.63) is 42.1 Å². The molecule has 0 aliphatic carbocycles. The number of benzene rings is 1. The SMILES string of the molecule is O=C(O)[C@H]1CCCN1Cc1ccc2ccccc2n1. The van der Waals surface area contributed by atoms with Gasteiger partial charge in [-0.1, -0.05) is 24.3 Å². The van der Waals surface area contributed by atoms with E-state index in [1.807, 2.05) is 41.3 Å². The van der Waals surface area contributed by atoms with Gasteiger partial charge in [0.2, 0.25) is 0 Å². The molecule has 0 spiro atoms. The van der Waals surface area contributed by atoms with Gasteiger partial charge >= 0.3 is 5.97 Å². The Balaban J connectivity index is 1.83. The Morgan fingerprint density at radius 3 is 3.00 bits per heavy atom. The molecule has 2 heterocycles. The number of aromatic nitrogens is 1. The smallest absolute Gasteiger partial charge is 0.320 e. The van der Waals surface area contributed by atoms with Crippen LogP contribution in [0.15, 0.2) is 36.4 Å². The van der Waals surface area contributed by atoms with Gasteiger partial charge in [-0.15, -0.1) is 0 Å². The van der Waals surface area contributed by atoms with Crippen molar-refractivity contribution < 1.29 is 9.90 Å². The van der Waals surface area contributed by atoms with Gasteiger partial charge < -0.3 is 5.11 Å². The molecule has 1 atom stereocenters. The standard InChI is InChI=1S/C15H16N2O2/c18-15(19)14-6-3-9-17(14)10-12-8-7-11-4-1-2-5-13(11)16-12/h1-2,4-5,7-8,14H,3,6,9-10H2,(H,18,19)/t14-/m1/s1. The van der Waals surface area contributed by atoms with Crippen molar-refractivity contribution in [3.63, 3.8) is 0 Å². The highest BCUT2D eigenvalue weighted by Gasteiger charge is 2.30. The van der Waals surface area contributed by atoms with Crippen molar-refractivity contribution in [2.24, 2.45) is 0 Å². The van der Waals surface area contributed by atoms with Crippen molar-refractivity contribution in [1.29, 1.82) is 0 Å². The number of aliphatic carboxylic acids is 1. The Kier molecular flexibility index (Phi) is 3.17. The Morgan fingerprint density at radius 2 is 2.16 bits per heavy atom. The van der Waals surface area contributed by atoms with Crippen molar-refractivity contribution in [1.82, 2.24) is 9.88 Å². The van der Waals surface area contributed by atoms with Gasteiger partial charge in [-0.25, -0.2) is 0 Å². The van der Waals surface area contributed by atoms with Gasteiger partial charge in [0.25, 0.3) is 0 Å². The first-order valence-corrected chi connectivity index (χ1v) is 6.55. The molecule has 1 aromatic carbocycles. The second-order valence-corrected chi connectivity index (χ2v) is 4.96. The molecule has 0 amide bonds. The van der Waals surface area contributed by atoms with Crippen LogP contribution in [-0.4, -0.2) is 33.5 Å². The maximum absolute atomic E-state index is 11.2. The zero-order chi connectivity index (χ0) is 13.2. The molecule has 4 nitrogen and oxygen atoms in total. The van der Waals surface area contributed by atoms with Crippen LogP contribution in [0.25, 0.3) is 10.9 Å². The van der Waals surface area contributed by atoms with Crippen LogP contribution in [0.1, 0.15) is 18.5 Å². The second-order valence-electron chi connectivity index (χ2n) is 4.96. The summed E-state index contributed by atoms with van der Waals surface area (Å²) >= 11 is 0. The number of fused-ring (bicyclic) bond motifs is 1. The summed E-state index contributed by atoms with van der Waals surface area (Å²) in [5.74, 6) is -0.724. The number of likely N-dealkylation sites (tertiary alicyclic amines) is 1. The van der Waals surface area contributed by atoms with Crippen LogP contribution in [0.4, 0.5) is 0 Å². The molecule has 0 radical (unpaired) electrons. The van der Waals surface area contributed by atoms with E-state index in [0.29, 0.717) is 6.54 Å². The van der Waals surface area contributed by atoms with Crippen molar-refractivity contribution in [2.75, 3.05) is 6.54 Å². The molecule has 1 saturated heterocycles. The molecule has 1 N–H and O–H groups in total. The highest BCUT2D eigenvalue weighted by molar-refractivity contribution is 5.78. The fourth-order valence-electron chi connectivity index (χ4n) is 2.70. The number of carbonyl (C=O) groups is 1. The first-order chi connectivity index (χ1) is 9.24. The molecule has 1 aliphatic heterocycles. The molecular formula is C15H16N2O2. The first kappa shape index (κ1) is 12.1. The lowest BCUT2D eigenvalue weighted by molar-refractivity contribution is -0.142. The summed E-state index contributed by atoms with van der Waals surface area (Å²) in [5, 5.41) is 10.3. The van der Waals surface area contributed by atoms with Crippen LogP contribution in [0.5, 0.6) is 0 Å². The van der Waals surface area contributed by atoms with Gasteiger partial charge in [-0.3, -0.25) is 14.7 Å². The Labute approximate surface area is 111 Å². The molecule has 19 heavy (non-hydrogen) atoms. The van der Waals surface area contributed by atoms with Gasteiger partial charge in [0, 0.05) is 11.9 Å². The van der Waals surface area contributed by atoms with E-state index >= 15 is 0 Å². The Hall–Kier alpha value is -1.94. The zero-order valence-electron chi connectivity index (χ0n) is 10.6. The molecule has 3 rings (SSSR count). The fourth-order valence-corrected chi connectivity index (χ4v) is 2.70. The maximum Gasteiger partial charge on any atom is 0.320 e. The summed E-state index contributed by atoms with van der Waals surface area (Å²) in [4.78, 5) is 17.7. The number of carboxylic acids is 1. The van der Waals surface area contributed by atoms with Crippen LogP contribution in [0, 0.1) is 0 Å². The maximum atomic E-state index is 11.2. The van der Waals surface area contributed by atoms with E-state index in [1.54, 1.807) is 0 Å². The van der Waals surface area contributed by atoms with Gasteiger partial charge in [-0.05, 0) is 31.5 Å². The normalized spacial score (nSPS) is 19.9. The van der Waals surface area contributed by atoms with Crippen molar-refractivity contribution >= 4 is 16.9 Å². The molecule has 1 aromatic heterocycles. The predicted octanol–water partition coefficient (Wildman–Crippen LogP) is 2.28. The third-order valence-corrected chi connectivity index (χ3v) is 3.67. The Bertz CT molecular complexity index is 612. The number of nitrogens with zero attached hydrogens (tertiary/aromatic N) is 2. The van der Waals surface area contributed by atoms with E-state index in [4.69, 9.17) is 0 Å². The highest BCUT2D eigenvalue weighted by atomic mass is 16.4. The molecular weight excluding hydrogens is 240 g/mol. The second kappa shape index (κ2) is 4.97. The molecule has 0 unspecified atom stereocenters. The minimum absolute atomic E-state index is 0.353. The minimum Gasteiger partial charge on any atom is -0.480 e. The highest BCUT2D eigenvalue weighted by Crippen LogP contribution is 2.20. The number of hydrogen-bond donors (Lipinski definition) is 1. The molecule has 0 saturated carbocycles. The molecule has 98 valence electrons. The molecule has 1 aliphatic rings. The fraction of sp³-hybridized carbons (Fsp3) is 0.333. The molecule has 4 heteroatoms. The topological polar surface area (TPSA) is 53.4 Å². The van der Waals surface area contributed by atoms with E-state index in [0.717, 1.165) is 36.0 Å². The first-order valence-electron chi connectivity index (χ1n) is 6.55. The summed E-state index contributed by atoms with van der Waals surface area (Å²) in [7, 11) is 0. The van der Waals surface area contributed by atoms with Crippen LogP contribution in [0.2, 0.25) is 0 Å². The van der Waals surface area contributed by atoms with Gasteiger partial charge in [0.05, 0.1) is 11.2 Å². The van der Waals surface area contributed by atoms with Crippen molar-refractivity contribution in [3.8, 4) is 0 Å². The average molecular weight is 256 g/mol. The summed E-state index contributed by atoms with van der Waals surface area (Å²) in [6.07, 6.45) is 1.69. The van der Waals surface area contributed by atoms with Gasteiger partial charge in [-0.2, -0.15) is 0 Å². The molecule has 2 aromatic rings. The predicted molar refractivity (Wildman–Crippen MR) is 72.8 cm³/mol. The number of rotatable bonds is 3. The summed E-state index contributed by atoms with van der Waals surface area (Å²) in [6, 6.07) is 11.6. The number of pyridine rings is 1. The summed E-state index contributed by atoms with van der Waals surface area (Å²) in [5.41, 5.74) is 1.90. The largest absolute Gasteiger partial charge is 0.480 e. The monoisotopic (exact) mass is 256 g/mol. The average Bonchev–Trinajstić information content (AvgIpc) is 2.87. The van der Waals surface area contributed by atoms with Crippen LogP contribution in [0.3, 0.4) is 0 Å². The van der Waals surface area contributed by atoms with Gasteiger partial charge in [0.1, 0.15) is 6.04 Å². The minimum atomic E-state index is -0.724. The van der Waals surface area contributed by atoms with E-state index < -0.39 is 5.97 Å². The third-order valence-electron chi connectivity index (χ3n) is 3.67. The third kappa shape index (κ3) is 2.44. The molecule has 0 bridgehead atoms. The lowest BCUT2D eigenvalue weighted by Crippen LogP contribution is -2.35. The summed E-state index contributed by atoms with van der Waals surface area (Å²) < 4.78 is 0. The van der Waals surface area contributed by atoms with E-state index in [9.17, 15) is 9.90 Å². The lowest BCUT2D eigenvalue weighted by atomic mass is 10.2. The number of para-hydroxylation sites is 1. The molecule has 1 fully saturated rings. The van der Waals surface area contributed by atoms with Crippen molar-refractivity contribution in [2.45, 2.75) is 25.4 Å². The lowest BCUT2D eigenvalue weighted by Gasteiger charge is -2.20. The summed E-state index contributed by atoms with van der Waals surface area (Å²) in [6.45, 7) is 1.45. The van der Waals surface area contributed by atoms with E-state index in [-0.39, 0.29) is 6.04 Å². The zero-order valence-corrected chi connectivity index (χ0v) is 10.6. The quantitative estimate of drug-likeness (QED) is 0.915. The number of hydrogen-bond acceptors (Lipinski definition) is 3.